The van der Waals surface area contributed by atoms with Gasteiger partial charge in [-0.1, -0.05) is 22.0 Å². The van der Waals surface area contributed by atoms with Crippen molar-refractivity contribution in [1.82, 2.24) is 4.72 Å². The molecule has 0 saturated carbocycles. The lowest BCUT2D eigenvalue weighted by molar-refractivity contribution is 0.0921. The first-order valence-electron chi connectivity index (χ1n) is 5.85. The number of halogens is 1. The van der Waals surface area contributed by atoms with Crippen LogP contribution in [0.15, 0.2) is 40.2 Å². The fourth-order valence-corrected chi connectivity index (χ4v) is 2.83. The molecule has 1 rings (SSSR count). The Bertz CT molecular complexity index is 543. The molecule has 1 atom stereocenters. The summed E-state index contributed by atoms with van der Waals surface area (Å²) in [6.07, 6.45) is 1.42. The van der Waals surface area contributed by atoms with Gasteiger partial charge in [-0.05, 0) is 37.6 Å². The van der Waals surface area contributed by atoms with Gasteiger partial charge < -0.3 is 4.74 Å². The Balaban J connectivity index is 2.70. The van der Waals surface area contributed by atoms with Gasteiger partial charge >= 0.3 is 0 Å². The zero-order valence-electron chi connectivity index (χ0n) is 11.0. The van der Waals surface area contributed by atoms with Crippen LogP contribution in [0.3, 0.4) is 0 Å². The van der Waals surface area contributed by atoms with Crippen LogP contribution in [0.5, 0.6) is 0 Å². The van der Waals surface area contributed by atoms with E-state index < -0.39 is 10.0 Å². The molecule has 1 aromatic carbocycles. The van der Waals surface area contributed by atoms with E-state index in [0.29, 0.717) is 6.61 Å². The first kappa shape index (κ1) is 16.4. The molecule has 0 saturated heterocycles. The molecule has 0 fully saturated rings. The Kier molecular flexibility index (Phi) is 6.19. The fraction of sp³-hybridized carbons (Fsp3) is 0.385. The van der Waals surface area contributed by atoms with Crippen LogP contribution in [0, 0.1) is 6.92 Å². The number of sulfonamides is 1. The summed E-state index contributed by atoms with van der Waals surface area (Å²) in [7, 11) is -3.50. The molecule has 0 bridgehead atoms. The van der Waals surface area contributed by atoms with E-state index in [1.807, 2.05) is 6.92 Å². The van der Waals surface area contributed by atoms with E-state index in [1.54, 1.807) is 31.2 Å². The number of hydrogen-bond donors (Lipinski definition) is 1. The average Bonchev–Trinajstić information content (AvgIpc) is 2.37. The van der Waals surface area contributed by atoms with Gasteiger partial charge in [-0.3, -0.25) is 0 Å². The Labute approximate surface area is 123 Å². The van der Waals surface area contributed by atoms with Crippen LogP contribution in [-0.4, -0.2) is 27.7 Å². The van der Waals surface area contributed by atoms with E-state index in [9.17, 15) is 8.42 Å². The highest BCUT2D eigenvalue weighted by atomic mass is 79.9. The lowest BCUT2D eigenvalue weighted by Crippen LogP contribution is -2.32. The van der Waals surface area contributed by atoms with Gasteiger partial charge in [-0.2, -0.15) is 0 Å². The van der Waals surface area contributed by atoms with Gasteiger partial charge in [0.05, 0.1) is 17.6 Å². The number of rotatable bonds is 7. The van der Waals surface area contributed by atoms with E-state index in [4.69, 9.17) is 4.74 Å². The second-order valence-electron chi connectivity index (χ2n) is 4.20. The zero-order chi connectivity index (χ0) is 14.5. The molecule has 0 aliphatic carbocycles. The van der Waals surface area contributed by atoms with Crippen LogP contribution < -0.4 is 4.72 Å². The Hall–Kier alpha value is -0.690. The minimum atomic E-state index is -3.50. The summed E-state index contributed by atoms with van der Waals surface area (Å²) in [5.41, 5.74) is 0.874. The molecular weight excluding hydrogens is 330 g/mol. The molecule has 4 nitrogen and oxygen atoms in total. The zero-order valence-corrected chi connectivity index (χ0v) is 13.4. The molecule has 19 heavy (non-hydrogen) atoms. The molecular formula is C13H18BrNO3S. The van der Waals surface area contributed by atoms with Crippen molar-refractivity contribution in [2.24, 2.45) is 0 Å². The van der Waals surface area contributed by atoms with Crippen molar-refractivity contribution < 1.29 is 13.2 Å². The third-order valence-corrected chi connectivity index (χ3v) is 4.81. The maximum Gasteiger partial charge on any atom is 0.240 e. The molecule has 0 spiro atoms. The first-order chi connectivity index (χ1) is 8.86. The van der Waals surface area contributed by atoms with E-state index in [0.717, 1.165) is 10.0 Å². The number of ether oxygens (including phenoxy) is 1. The summed E-state index contributed by atoms with van der Waals surface area (Å²) in [6.45, 7) is 7.82. The van der Waals surface area contributed by atoms with Crippen LogP contribution in [0.1, 0.15) is 12.5 Å². The van der Waals surface area contributed by atoms with Crippen LogP contribution in [0.25, 0.3) is 0 Å². The van der Waals surface area contributed by atoms with Crippen molar-refractivity contribution in [3.63, 3.8) is 0 Å². The van der Waals surface area contributed by atoms with E-state index in [1.165, 1.54) is 0 Å². The van der Waals surface area contributed by atoms with Crippen molar-refractivity contribution >= 4 is 26.0 Å². The number of benzene rings is 1. The normalized spacial score (nSPS) is 13.2. The predicted molar refractivity (Wildman–Crippen MR) is 79.7 cm³/mol. The van der Waals surface area contributed by atoms with Crippen molar-refractivity contribution in [3.05, 3.63) is 40.9 Å². The highest BCUT2D eigenvalue weighted by molar-refractivity contribution is 9.10. The third-order valence-electron chi connectivity index (χ3n) is 2.50. The molecule has 1 unspecified atom stereocenters. The molecule has 0 amide bonds. The molecule has 0 radical (unpaired) electrons. The first-order valence-corrected chi connectivity index (χ1v) is 8.12. The third kappa shape index (κ3) is 5.06. The highest BCUT2D eigenvalue weighted by Crippen LogP contribution is 2.19. The van der Waals surface area contributed by atoms with Gasteiger partial charge in [0.25, 0.3) is 0 Å². The molecule has 6 heteroatoms. The maximum absolute atomic E-state index is 12.1. The van der Waals surface area contributed by atoms with Gasteiger partial charge in [0.2, 0.25) is 10.0 Å². The number of aryl methyl sites for hydroxylation is 1. The summed E-state index contributed by atoms with van der Waals surface area (Å²) < 4.78 is 32.9. The van der Waals surface area contributed by atoms with Crippen LogP contribution in [-0.2, 0) is 14.8 Å². The van der Waals surface area contributed by atoms with Gasteiger partial charge in [0.15, 0.2) is 0 Å². The van der Waals surface area contributed by atoms with Gasteiger partial charge in [-0.15, -0.1) is 6.58 Å². The quantitative estimate of drug-likeness (QED) is 0.771. The average molecular weight is 348 g/mol. The maximum atomic E-state index is 12.1. The minimum absolute atomic E-state index is 0.204. The largest absolute Gasteiger partial charge is 0.373 e. The highest BCUT2D eigenvalue weighted by Gasteiger charge is 2.15. The SMILES string of the molecule is C=CCOC(C)CNS(=O)(=O)c1ccc(Br)c(C)c1. The molecule has 106 valence electrons. The van der Waals surface area contributed by atoms with Crippen molar-refractivity contribution in [2.75, 3.05) is 13.2 Å². The van der Waals surface area contributed by atoms with Gasteiger partial charge in [-0.25, -0.2) is 13.1 Å². The monoisotopic (exact) mass is 347 g/mol. The molecule has 0 aliphatic heterocycles. The predicted octanol–water partition coefficient (Wildman–Crippen LogP) is 2.63. The molecule has 0 heterocycles. The number of nitrogens with one attached hydrogen (secondary N) is 1. The summed E-state index contributed by atoms with van der Waals surface area (Å²) >= 11 is 3.34. The van der Waals surface area contributed by atoms with Crippen LogP contribution in [0.2, 0.25) is 0 Å². The molecule has 0 aliphatic rings. The van der Waals surface area contributed by atoms with Crippen LogP contribution in [0.4, 0.5) is 0 Å². The van der Waals surface area contributed by atoms with E-state index >= 15 is 0 Å². The Morgan fingerprint density at radius 3 is 2.79 bits per heavy atom. The Morgan fingerprint density at radius 2 is 2.21 bits per heavy atom. The Morgan fingerprint density at radius 1 is 1.53 bits per heavy atom. The minimum Gasteiger partial charge on any atom is -0.373 e. The topological polar surface area (TPSA) is 55.4 Å². The number of hydrogen-bond acceptors (Lipinski definition) is 3. The van der Waals surface area contributed by atoms with E-state index in [-0.39, 0.29) is 17.5 Å². The van der Waals surface area contributed by atoms with Crippen LogP contribution >= 0.6 is 15.9 Å². The van der Waals surface area contributed by atoms with E-state index in [2.05, 4.69) is 27.2 Å². The smallest absolute Gasteiger partial charge is 0.240 e. The van der Waals surface area contributed by atoms with Gasteiger partial charge in [0.1, 0.15) is 0 Å². The van der Waals surface area contributed by atoms with Gasteiger partial charge in [0, 0.05) is 11.0 Å². The second-order valence-corrected chi connectivity index (χ2v) is 6.82. The second kappa shape index (κ2) is 7.19. The molecule has 1 aromatic rings. The lowest BCUT2D eigenvalue weighted by atomic mass is 10.2. The van der Waals surface area contributed by atoms with Crippen molar-refractivity contribution in [3.8, 4) is 0 Å². The summed E-state index contributed by atoms with van der Waals surface area (Å²) in [6, 6.07) is 4.91. The summed E-state index contributed by atoms with van der Waals surface area (Å²) in [4.78, 5) is 0.254. The standard InChI is InChI=1S/C13H18BrNO3S/c1-4-7-18-11(3)9-15-19(16,17)12-5-6-13(14)10(2)8-12/h4-6,8,11,15H,1,7,9H2,2-3H3. The summed E-state index contributed by atoms with van der Waals surface area (Å²) in [5, 5.41) is 0. The van der Waals surface area contributed by atoms with Crippen molar-refractivity contribution in [1.29, 1.82) is 0 Å². The molecule has 0 aromatic heterocycles. The summed E-state index contributed by atoms with van der Waals surface area (Å²) in [5.74, 6) is 0. The lowest BCUT2D eigenvalue weighted by Gasteiger charge is -2.13. The fourth-order valence-electron chi connectivity index (χ4n) is 1.39. The van der Waals surface area contributed by atoms with Crippen molar-refractivity contribution in [2.45, 2.75) is 24.8 Å². The molecule has 1 N–H and O–H groups in total.